The molecule has 0 aliphatic carbocycles. The number of hydrogen-bond acceptors (Lipinski definition) is 7. The van der Waals surface area contributed by atoms with Crippen LogP contribution in [0.25, 0.3) is 10.2 Å². The lowest BCUT2D eigenvalue weighted by molar-refractivity contribution is -0.135. The molecule has 33 heavy (non-hydrogen) atoms. The third-order valence-electron chi connectivity index (χ3n) is 5.41. The number of benzene rings is 2. The molecule has 1 aliphatic rings. The topological polar surface area (TPSA) is 114 Å². The van der Waals surface area contributed by atoms with Gasteiger partial charge in [-0.1, -0.05) is 29.8 Å². The number of amides is 2. The number of aromatic nitrogens is 3. The Balaban J connectivity index is 1.39. The van der Waals surface area contributed by atoms with E-state index in [1.165, 1.54) is 28.5 Å². The van der Waals surface area contributed by atoms with E-state index in [-0.39, 0.29) is 23.9 Å². The zero-order chi connectivity index (χ0) is 23.2. The summed E-state index contributed by atoms with van der Waals surface area (Å²) in [5.41, 5.74) is 3.97. The number of rotatable bonds is 6. The maximum atomic E-state index is 13.1. The maximum absolute atomic E-state index is 13.1. The molecule has 2 amide bonds. The number of halogens is 1. The molecule has 4 aromatic rings. The average molecular weight is 502 g/mol. The zero-order valence-corrected chi connectivity index (χ0v) is 19.3. The predicted molar refractivity (Wildman–Crippen MR) is 122 cm³/mol. The van der Waals surface area contributed by atoms with Gasteiger partial charge in [0.25, 0.3) is 15.9 Å². The summed E-state index contributed by atoms with van der Waals surface area (Å²) in [6.07, 6.45) is 1.88. The number of nitrogens with zero attached hydrogens (tertiary/aromatic N) is 4. The fourth-order valence-corrected chi connectivity index (χ4v) is 5.99. The van der Waals surface area contributed by atoms with E-state index in [1.54, 1.807) is 41.9 Å². The van der Waals surface area contributed by atoms with E-state index in [4.69, 9.17) is 11.6 Å². The smallest absolute Gasteiger partial charge is 0.283 e. The van der Waals surface area contributed by atoms with Crippen molar-refractivity contribution in [1.82, 2.24) is 24.4 Å². The predicted octanol–water partition coefficient (Wildman–Crippen LogP) is 2.71. The van der Waals surface area contributed by atoms with Crippen LogP contribution < -0.4 is 5.32 Å². The van der Waals surface area contributed by atoms with Gasteiger partial charge in [-0.15, -0.1) is 11.3 Å². The number of fused-ring (bicyclic) bond motifs is 2. The summed E-state index contributed by atoms with van der Waals surface area (Å²) in [4.78, 5) is 30.1. The first-order valence-corrected chi connectivity index (χ1v) is 12.5. The Morgan fingerprint density at radius 1 is 1.21 bits per heavy atom. The molecule has 2 aromatic heterocycles. The van der Waals surface area contributed by atoms with Gasteiger partial charge in [0.1, 0.15) is 6.04 Å². The largest absolute Gasteiger partial charge is 0.343 e. The van der Waals surface area contributed by atoms with Crippen molar-refractivity contribution in [2.45, 2.75) is 24.0 Å². The van der Waals surface area contributed by atoms with E-state index in [9.17, 15) is 18.0 Å². The number of carbonyl (C=O) groups is 2. The molecule has 0 saturated carbocycles. The van der Waals surface area contributed by atoms with Crippen LogP contribution in [0.3, 0.4) is 0 Å². The van der Waals surface area contributed by atoms with E-state index in [1.807, 2.05) is 0 Å². The first kappa shape index (κ1) is 21.6. The fourth-order valence-electron chi connectivity index (χ4n) is 3.76. The van der Waals surface area contributed by atoms with Gasteiger partial charge >= 0.3 is 0 Å². The Morgan fingerprint density at radius 3 is 2.79 bits per heavy atom. The Hall–Kier alpha value is -3.28. The minimum Gasteiger partial charge on any atom is -0.343 e. The van der Waals surface area contributed by atoms with Crippen molar-refractivity contribution in [3.63, 3.8) is 0 Å². The van der Waals surface area contributed by atoms with Gasteiger partial charge in [0.2, 0.25) is 6.41 Å². The molecule has 0 saturated heterocycles. The third-order valence-corrected chi connectivity index (χ3v) is 8.08. The Morgan fingerprint density at radius 2 is 2.03 bits per heavy atom. The van der Waals surface area contributed by atoms with Crippen LogP contribution >= 0.6 is 22.9 Å². The van der Waals surface area contributed by atoms with Gasteiger partial charge in [-0.05, 0) is 24.3 Å². The highest BCUT2D eigenvalue weighted by Crippen LogP contribution is 2.30. The second-order valence-electron chi connectivity index (χ2n) is 7.39. The molecule has 0 bridgehead atoms. The second-order valence-corrected chi connectivity index (χ2v) is 10.5. The van der Waals surface area contributed by atoms with Crippen LogP contribution in [0, 0.1) is 0 Å². The van der Waals surface area contributed by atoms with E-state index >= 15 is 0 Å². The monoisotopic (exact) mass is 501 g/mol. The molecule has 1 atom stereocenters. The van der Waals surface area contributed by atoms with Crippen LogP contribution in [0.5, 0.6) is 0 Å². The summed E-state index contributed by atoms with van der Waals surface area (Å²) in [5.74, 6) is -0.363. The van der Waals surface area contributed by atoms with Gasteiger partial charge in [-0.2, -0.15) is 17.6 Å². The Kier molecular flexibility index (Phi) is 5.39. The lowest BCUT2D eigenvalue weighted by atomic mass is 10.1. The molecule has 0 fully saturated rings. The van der Waals surface area contributed by atoms with Crippen molar-refractivity contribution in [3.05, 3.63) is 76.0 Å². The number of thiazole rings is 1. The van der Waals surface area contributed by atoms with Crippen LogP contribution in [0.15, 0.2) is 59.1 Å². The standard InChI is InChI=1S/C21H16ClN5O4S2/c22-16-4-2-1-3-15(16)20(23-11-28)21(29)26-8-13-9-27(25-18(13)10-26)33(30,31)14-5-6-17-19(7-14)32-12-24-17/h1-7,9,11-12,20H,8,10H2,(H,23,28). The SMILES string of the molecule is O=CNC(C(=O)N1Cc2cn(S(=O)(=O)c3ccc4ncsc4c3)nc2C1)c1ccccc1Cl. The lowest BCUT2D eigenvalue weighted by Crippen LogP contribution is -2.38. The molecule has 1 aliphatic heterocycles. The molecule has 12 heteroatoms. The van der Waals surface area contributed by atoms with Crippen LogP contribution in [-0.2, 0) is 32.7 Å². The van der Waals surface area contributed by atoms with Gasteiger partial charge in [0.15, 0.2) is 0 Å². The molecular weight excluding hydrogens is 486 g/mol. The van der Waals surface area contributed by atoms with Crippen LogP contribution in [0.2, 0.25) is 5.02 Å². The van der Waals surface area contributed by atoms with Crippen LogP contribution in [-0.4, -0.2) is 39.8 Å². The van der Waals surface area contributed by atoms with Crippen molar-refractivity contribution >= 4 is 55.5 Å². The van der Waals surface area contributed by atoms with Crippen molar-refractivity contribution in [2.24, 2.45) is 0 Å². The zero-order valence-electron chi connectivity index (χ0n) is 16.9. The molecular formula is C21H16ClN5O4S2. The minimum atomic E-state index is -3.89. The molecule has 0 spiro atoms. The molecule has 1 unspecified atom stereocenters. The van der Waals surface area contributed by atoms with E-state index in [2.05, 4.69) is 15.4 Å². The summed E-state index contributed by atoms with van der Waals surface area (Å²) in [7, 11) is -3.89. The summed E-state index contributed by atoms with van der Waals surface area (Å²) in [6, 6.07) is 10.5. The number of nitrogens with one attached hydrogen (secondary N) is 1. The highest BCUT2D eigenvalue weighted by Gasteiger charge is 2.34. The van der Waals surface area contributed by atoms with E-state index in [0.29, 0.717) is 28.3 Å². The Bertz CT molecular complexity index is 1470. The Labute approximate surface area is 197 Å². The van der Waals surface area contributed by atoms with Gasteiger partial charge < -0.3 is 10.2 Å². The van der Waals surface area contributed by atoms with Crippen molar-refractivity contribution < 1.29 is 18.0 Å². The molecule has 3 heterocycles. The molecule has 1 N–H and O–H groups in total. The number of hydrogen-bond donors (Lipinski definition) is 1. The summed E-state index contributed by atoms with van der Waals surface area (Å²) < 4.78 is 27.9. The normalized spacial score (nSPS) is 14.3. The first-order valence-electron chi connectivity index (χ1n) is 9.77. The molecule has 168 valence electrons. The third kappa shape index (κ3) is 3.77. The summed E-state index contributed by atoms with van der Waals surface area (Å²) >= 11 is 7.58. The van der Waals surface area contributed by atoms with Crippen LogP contribution in [0.4, 0.5) is 0 Å². The second kappa shape index (κ2) is 8.25. The minimum absolute atomic E-state index is 0.113. The fraction of sp³-hybridized carbons (Fsp3) is 0.143. The first-order chi connectivity index (χ1) is 15.9. The average Bonchev–Trinajstić information content (AvgIpc) is 3.52. The van der Waals surface area contributed by atoms with Gasteiger partial charge in [0.05, 0.1) is 32.9 Å². The highest BCUT2D eigenvalue weighted by atomic mass is 35.5. The van der Waals surface area contributed by atoms with Gasteiger partial charge in [-0.25, -0.2) is 4.98 Å². The quantitative estimate of drug-likeness (QED) is 0.406. The van der Waals surface area contributed by atoms with E-state index in [0.717, 1.165) is 14.3 Å². The van der Waals surface area contributed by atoms with E-state index < -0.39 is 16.1 Å². The summed E-state index contributed by atoms with van der Waals surface area (Å²) in [5, 5.41) is 7.12. The molecule has 5 rings (SSSR count). The van der Waals surface area contributed by atoms with Crippen molar-refractivity contribution in [1.29, 1.82) is 0 Å². The lowest BCUT2D eigenvalue weighted by Gasteiger charge is -2.23. The molecule has 2 aromatic carbocycles. The number of carbonyl (C=O) groups excluding carboxylic acids is 2. The van der Waals surface area contributed by atoms with Crippen molar-refractivity contribution in [2.75, 3.05) is 0 Å². The van der Waals surface area contributed by atoms with Crippen LogP contribution in [0.1, 0.15) is 22.9 Å². The summed E-state index contributed by atoms with van der Waals surface area (Å²) in [6.45, 7) is 0.283. The molecule has 9 nitrogen and oxygen atoms in total. The van der Waals surface area contributed by atoms with Crippen molar-refractivity contribution in [3.8, 4) is 0 Å². The van der Waals surface area contributed by atoms with Gasteiger partial charge in [-0.3, -0.25) is 9.59 Å². The van der Waals surface area contributed by atoms with Gasteiger partial charge in [0, 0.05) is 28.9 Å². The molecule has 0 radical (unpaired) electrons. The highest BCUT2D eigenvalue weighted by molar-refractivity contribution is 7.89. The maximum Gasteiger partial charge on any atom is 0.283 e.